The molecule has 0 amide bonds. The van der Waals surface area contributed by atoms with Crippen LogP contribution >= 0.6 is 0 Å². The van der Waals surface area contributed by atoms with Gasteiger partial charge in [0.15, 0.2) is 0 Å². The third kappa shape index (κ3) is 11.9. The number of ether oxygens (including phenoxy) is 1. The maximum Gasteiger partial charge on any atom is 0.348 e. The molecule has 16 heavy (non-hydrogen) atoms. The second-order valence-electron chi connectivity index (χ2n) is 3.63. The SMILES string of the molecule is C=C(C#N)C(=O)OC(C)(C)C.C=CC(=O)O. The third-order valence-electron chi connectivity index (χ3n) is 0.955. The summed E-state index contributed by atoms with van der Waals surface area (Å²) in [6, 6.07) is 1.62. The van der Waals surface area contributed by atoms with Crippen LogP contribution in [-0.4, -0.2) is 22.6 Å². The van der Waals surface area contributed by atoms with Gasteiger partial charge in [-0.25, -0.2) is 9.59 Å². The minimum Gasteiger partial charge on any atom is -0.478 e. The Morgan fingerprint density at radius 2 is 1.81 bits per heavy atom. The number of carbonyl (C=O) groups excluding carboxylic acids is 1. The van der Waals surface area contributed by atoms with E-state index in [2.05, 4.69) is 13.2 Å². The van der Waals surface area contributed by atoms with Gasteiger partial charge < -0.3 is 9.84 Å². The summed E-state index contributed by atoms with van der Waals surface area (Å²) in [6.07, 6.45) is 0.833. The van der Waals surface area contributed by atoms with Crippen LogP contribution in [0.3, 0.4) is 0 Å². The summed E-state index contributed by atoms with van der Waals surface area (Å²) >= 11 is 0. The van der Waals surface area contributed by atoms with Crippen molar-refractivity contribution in [1.82, 2.24) is 0 Å². The Labute approximate surface area is 94.6 Å². The molecule has 0 saturated heterocycles. The van der Waals surface area contributed by atoms with Crippen LogP contribution in [0.4, 0.5) is 0 Å². The first kappa shape index (κ1) is 16.3. The third-order valence-corrected chi connectivity index (χ3v) is 0.955. The number of nitriles is 1. The van der Waals surface area contributed by atoms with Crippen LogP contribution in [0.5, 0.6) is 0 Å². The normalized spacial score (nSPS) is 8.88. The minimum absolute atomic E-state index is 0.167. The number of hydrogen-bond acceptors (Lipinski definition) is 4. The fraction of sp³-hybridized carbons (Fsp3) is 0.364. The highest BCUT2D eigenvalue weighted by Gasteiger charge is 2.17. The van der Waals surface area contributed by atoms with E-state index in [1.807, 2.05) is 0 Å². The highest BCUT2D eigenvalue weighted by Crippen LogP contribution is 2.09. The molecule has 0 radical (unpaired) electrons. The van der Waals surface area contributed by atoms with Crippen LogP contribution in [0.1, 0.15) is 20.8 Å². The molecule has 0 aromatic heterocycles. The lowest BCUT2D eigenvalue weighted by atomic mass is 10.2. The molecule has 0 aliphatic carbocycles. The van der Waals surface area contributed by atoms with Crippen molar-refractivity contribution >= 4 is 11.9 Å². The molecule has 0 fully saturated rings. The first-order chi connectivity index (χ1) is 7.14. The molecule has 0 unspecified atom stereocenters. The van der Waals surface area contributed by atoms with E-state index in [9.17, 15) is 9.59 Å². The van der Waals surface area contributed by atoms with Crippen molar-refractivity contribution in [2.24, 2.45) is 0 Å². The summed E-state index contributed by atoms with van der Waals surface area (Å²) in [5.74, 6) is -1.63. The molecule has 0 aromatic rings. The molecule has 0 spiro atoms. The summed E-state index contributed by atoms with van der Waals surface area (Å²) in [5, 5.41) is 15.9. The zero-order chi connectivity index (χ0) is 13.4. The molecule has 0 saturated carbocycles. The molecule has 88 valence electrons. The summed E-state index contributed by atoms with van der Waals surface area (Å²) in [7, 11) is 0. The summed E-state index contributed by atoms with van der Waals surface area (Å²) in [4.78, 5) is 20.1. The quantitative estimate of drug-likeness (QED) is 0.438. The zero-order valence-corrected chi connectivity index (χ0v) is 9.61. The molecule has 0 rings (SSSR count). The van der Waals surface area contributed by atoms with Gasteiger partial charge in [-0.1, -0.05) is 13.2 Å². The lowest BCUT2D eigenvalue weighted by Gasteiger charge is -2.18. The number of esters is 1. The van der Waals surface area contributed by atoms with E-state index in [0.717, 1.165) is 6.08 Å². The van der Waals surface area contributed by atoms with Crippen LogP contribution in [0.25, 0.3) is 0 Å². The molecule has 1 N–H and O–H groups in total. The first-order valence-corrected chi connectivity index (χ1v) is 4.31. The van der Waals surface area contributed by atoms with Crippen molar-refractivity contribution < 1.29 is 19.4 Å². The van der Waals surface area contributed by atoms with Crippen LogP contribution in [0.2, 0.25) is 0 Å². The number of aliphatic carboxylic acids is 1. The molecule has 5 heteroatoms. The van der Waals surface area contributed by atoms with Crippen molar-refractivity contribution in [1.29, 1.82) is 5.26 Å². The highest BCUT2D eigenvalue weighted by atomic mass is 16.6. The molecular weight excluding hydrogens is 210 g/mol. The summed E-state index contributed by atoms with van der Waals surface area (Å²) in [5.41, 5.74) is -0.725. The van der Waals surface area contributed by atoms with E-state index in [0.29, 0.717) is 0 Å². The molecule has 5 nitrogen and oxygen atoms in total. The largest absolute Gasteiger partial charge is 0.478 e. The van der Waals surface area contributed by atoms with Crippen molar-refractivity contribution in [3.8, 4) is 6.07 Å². The minimum atomic E-state index is -0.981. The van der Waals surface area contributed by atoms with Gasteiger partial charge >= 0.3 is 11.9 Å². The van der Waals surface area contributed by atoms with E-state index in [-0.39, 0.29) is 5.57 Å². The van der Waals surface area contributed by atoms with E-state index >= 15 is 0 Å². The van der Waals surface area contributed by atoms with Crippen molar-refractivity contribution in [3.63, 3.8) is 0 Å². The fourth-order valence-corrected chi connectivity index (χ4v) is 0.385. The van der Waals surface area contributed by atoms with Gasteiger partial charge in [0, 0.05) is 6.08 Å². The van der Waals surface area contributed by atoms with Crippen molar-refractivity contribution in [3.05, 3.63) is 24.8 Å². The lowest BCUT2D eigenvalue weighted by molar-refractivity contribution is -0.149. The fourth-order valence-electron chi connectivity index (χ4n) is 0.385. The van der Waals surface area contributed by atoms with Gasteiger partial charge in [-0.2, -0.15) is 5.26 Å². The smallest absolute Gasteiger partial charge is 0.348 e. The maximum atomic E-state index is 10.8. The Morgan fingerprint density at radius 3 is 2.00 bits per heavy atom. The number of hydrogen-bond donors (Lipinski definition) is 1. The predicted molar refractivity (Wildman–Crippen MR) is 58.4 cm³/mol. The summed E-state index contributed by atoms with van der Waals surface area (Å²) in [6.45, 7) is 11.4. The van der Waals surface area contributed by atoms with Gasteiger partial charge in [0.2, 0.25) is 0 Å². The van der Waals surface area contributed by atoms with Gasteiger partial charge in [-0.05, 0) is 20.8 Å². The molecule has 0 aliphatic heterocycles. The monoisotopic (exact) mass is 225 g/mol. The Kier molecular flexibility index (Phi) is 7.39. The Hall–Kier alpha value is -2.09. The van der Waals surface area contributed by atoms with E-state index in [1.165, 1.54) is 0 Å². The predicted octanol–water partition coefficient (Wildman–Crippen LogP) is 1.66. The zero-order valence-electron chi connectivity index (χ0n) is 9.61. The number of carboxylic acids is 1. The maximum absolute atomic E-state index is 10.8. The number of carboxylic acid groups (broad SMARTS) is 1. The van der Waals surface area contributed by atoms with Crippen LogP contribution in [0, 0.1) is 11.3 Å². The van der Waals surface area contributed by atoms with Crippen LogP contribution in [0.15, 0.2) is 24.8 Å². The molecule has 0 bridgehead atoms. The van der Waals surface area contributed by atoms with Gasteiger partial charge in [0.25, 0.3) is 0 Å². The van der Waals surface area contributed by atoms with Gasteiger partial charge in [-0.3, -0.25) is 0 Å². The standard InChI is InChI=1S/C8H11NO2.C3H4O2/c1-6(5-9)7(10)11-8(2,3)4;1-2-3(4)5/h1H2,2-4H3;2H,1H2,(H,4,5). The Balaban J connectivity index is 0. The molecule has 0 aliphatic rings. The highest BCUT2D eigenvalue weighted by molar-refractivity contribution is 5.92. The molecular formula is C11H15NO4. The second kappa shape index (κ2) is 7.23. The van der Waals surface area contributed by atoms with Gasteiger partial charge in [0.1, 0.15) is 17.2 Å². The number of rotatable bonds is 2. The summed E-state index contributed by atoms with van der Waals surface area (Å²) < 4.78 is 4.83. The van der Waals surface area contributed by atoms with Crippen LogP contribution < -0.4 is 0 Å². The Bertz CT molecular complexity index is 331. The average Bonchev–Trinajstić information content (AvgIpc) is 2.14. The first-order valence-electron chi connectivity index (χ1n) is 4.31. The Morgan fingerprint density at radius 1 is 1.44 bits per heavy atom. The van der Waals surface area contributed by atoms with Gasteiger partial charge in [-0.15, -0.1) is 0 Å². The molecule has 0 atom stereocenters. The van der Waals surface area contributed by atoms with Crippen molar-refractivity contribution in [2.75, 3.05) is 0 Å². The van der Waals surface area contributed by atoms with E-state index < -0.39 is 17.5 Å². The molecule has 0 heterocycles. The average molecular weight is 225 g/mol. The van der Waals surface area contributed by atoms with E-state index in [1.54, 1.807) is 26.8 Å². The second-order valence-corrected chi connectivity index (χ2v) is 3.63. The topological polar surface area (TPSA) is 87.4 Å². The number of carbonyl (C=O) groups is 2. The van der Waals surface area contributed by atoms with Gasteiger partial charge in [0.05, 0.1) is 0 Å². The lowest BCUT2D eigenvalue weighted by Crippen LogP contribution is -2.24. The molecule has 0 aromatic carbocycles. The van der Waals surface area contributed by atoms with Crippen molar-refractivity contribution in [2.45, 2.75) is 26.4 Å². The van der Waals surface area contributed by atoms with E-state index in [4.69, 9.17) is 15.1 Å². The number of nitrogens with zero attached hydrogens (tertiary/aromatic N) is 1. The van der Waals surface area contributed by atoms with Crippen LogP contribution in [-0.2, 0) is 14.3 Å².